The molecule has 3 N–H and O–H groups in total. The molecule has 21 heavy (non-hydrogen) atoms. The Balaban J connectivity index is 1.91. The number of rotatable bonds is 4. The second-order valence-electron chi connectivity index (χ2n) is 5.08. The zero-order valence-electron chi connectivity index (χ0n) is 12.1. The molecule has 3 nitrogen and oxygen atoms in total. The molecular formula is C18H19N3. The summed E-state index contributed by atoms with van der Waals surface area (Å²) in [4.78, 5) is 4.37. The van der Waals surface area contributed by atoms with E-state index in [-0.39, 0.29) is 0 Å². The minimum Gasteiger partial charge on any atom is -0.397 e. The largest absolute Gasteiger partial charge is 0.397 e. The topological polar surface area (TPSA) is 50.9 Å². The van der Waals surface area contributed by atoms with E-state index in [9.17, 15) is 0 Å². The Morgan fingerprint density at radius 2 is 1.81 bits per heavy atom. The van der Waals surface area contributed by atoms with Crippen LogP contribution in [0, 0.1) is 0 Å². The van der Waals surface area contributed by atoms with Crippen LogP contribution in [-0.2, 0) is 13.0 Å². The zero-order valence-corrected chi connectivity index (χ0v) is 12.1. The van der Waals surface area contributed by atoms with Gasteiger partial charge >= 0.3 is 0 Å². The first-order valence-corrected chi connectivity index (χ1v) is 7.23. The van der Waals surface area contributed by atoms with Crippen molar-refractivity contribution in [1.29, 1.82) is 0 Å². The monoisotopic (exact) mass is 277 g/mol. The zero-order chi connectivity index (χ0) is 14.7. The van der Waals surface area contributed by atoms with Gasteiger partial charge in [-0.25, -0.2) is 0 Å². The number of hydrogen-bond acceptors (Lipinski definition) is 3. The molecule has 106 valence electrons. The first-order valence-electron chi connectivity index (χ1n) is 7.23. The van der Waals surface area contributed by atoms with E-state index in [0.717, 1.165) is 29.6 Å². The van der Waals surface area contributed by atoms with Gasteiger partial charge in [-0.05, 0) is 41.8 Å². The third-order valence-corrected chi connectivity index (χ3v) is 3.77. The lowest BCUT2D eigenvalue weighted by Crippen LogP contribution is -2.03. The predicted molar refractivity (Wildman–Crippen MR) is 89.3 cm³/mol. The summed E-state index contributed by atoms with van der Waals surface area (Å²) in [6, 6.07) is 16.4. The fourth-order valence-corrected chi connectivity index (χ4v) is 2.61. The van der Waals surface area contributed by atoms with Crippen LogP contribution in [0.3, 0.4) is 0 Å². The van der Waals surface area contributed by atoms with Crippen molar-refractivity contribution in [3.8, 4) is 0 Å². The molecule has 2 aromatic carbocycles. The van der Waals surface area contributed by atoms with E-state index in [1.807, 2.05) is 24.3 Å². The number of pyridine rings is 1. The fraction of sp³-hybridized carbons (Fsp3) is 0.167. The minimum absolute atomic E-state index is 0.713. The van der Waals surface area contributed by atoms with Gasteiger partial charge in [0.2, 0.25) is 0 Å². The van der Waals surface area contributed by atoms with Crippen molar-refractivity contribution >= 4 is 22.3 Å². The van der Waals surface area contributed by atoms with Crippen molar-refractivity contribution in [3.05, 3.63) is 65.9 Å². The van der Waals surface area contributed by atoms with E-state index >= 15 is 0 Å². The molecule has 3 rings (SSSR count). The standard InChI is InChI=1S/C18H19N3/c1-2-13-6-3-4-7-14(13)12-21-17-10-9-16(19)18-15(17)8-5-11-20-18/h3-11,21H,2,12,19H2,1H3. The van der Waals surface area contributed by atoms with Crippen LogP contribution in [0.25, 0.3) is 10.9 Å². The maximum Gasteiger partial charge on any atom is 0.0951 e. The lowest BCUT2D eigenvalue weighted by atomic mass is 10.0. The Bertz CT molecular complexity index is 765. The van der Waals surface area contributed by atoms with Gasteiger partial charge in [0.05, 0.1) is 11.2 Å². The number of nitrogens with one attached hydrogen (secondary N) is 1. The average Bonchev–Trinajstić information content (AvgIpc) is 2.55. The summed E-state index contributed by atoms with van der Waals surface area (Å²) in [5.74, 6) is 0. The number of hydrogen-bond donors (Lipinski definition) is 2. The van der Waals surface area contributed by atoms with Crippen LogP contribution in [0.15, 0.2) is 54.7 Å². The maximum absolute atomic E-state index is 5.99. The number of benzene rings is 2. The van der Waals surface area contributed by atoms with Gasteiger partial charge in [0.1, 0.15) is 0 Å². The van der Waals surface area contributed by atoms with Gasteiger partial charge < -0.3 is 11.1 Å². The van der Waals surface area contributed by atoms with Gasteiger partial charge in [0.15, 0.2) is 0 Å². The van der Waals surface area contributed by atoms with Crippen LogP contribution < -0.4 is 11.1 Å². The van der Waals surface area contributed by atoms with Crippen molar-refractivity contribution in [1.82, 2.24) is 4.98 Å². The first-order chi connectivity index (χ1) is 10.3. The molecule has 0 atom stereocenters. The summed E-state index contributed by atoms with van der Waals surface area (Å²) in [5, 5.41) is 4.57. The maximum atomic E-state index is 5.99. The molecule has 0 fully saturated rings. The predicted octanol–water partition coefficient (Wildman–Crippen LogP) is 3.99. The summed E-state index contributed by atoms with van der Waals surface area (Å²) < 4.78 is 0. The summed E-state index contributed by atoms with van der Waals surface area (Å²) >= 11 is 0. The van der Waals surface area contributed by atoms with Crippen molar-refractivity contribution < 1.29 is 0 Å². The average molecular weight is 277 g/mol. The molecule has 0 spiro atoms. The molecule has 1 heterocycles. The highest BCUT2D eigenvalue weighted by Crippen LogP contribution is 2.27. The van der Waals surface area contributed by atoms with Crippen molar-refractivity contribution in [2.24, 2.45) is 0 Å². The van der Waals surface area contributed by atoms with E-state index in [4.69, 9.17) is 5.73 Å². The van der Waals surface area contributed by atoms with Gasteiger partial charge in [0, 0.05) is 23.8 Å². The Hall–Kier alpha value is -2.55. The molecule has 0 bridgehead atoms. The fourth-order valence-electron chi connectivity index (χ4n) is 2.61. The molecule has 3 aromatic rings. The van der Waals surface area contributed by atoms with Crippen LogP contribution in [0.2, 0.25) is 0 Å². The first kappa shape index (κ1) is 13.4. The number of nitrogens with zero attached hydrogens (tertiary/aromatic N) is 1. The Labute approximate surface area is 124 Å². The van der Waals surface area contributed by atoms with Crippen molar-refractivity contribution in [2.75, 3.05) is 11.1 Å². The Morgan fingerprint density at radius 1 is 1.00 bits per heavy atom. The normalized spacial score (nSPS) is 10.7. The van der Waals surface area contributed by atoms with Crippen LogP contribution in [-0.4, -0.2) is 4.98 Å². The third-order valence-electron chi connectivity index (χ3n) is 3.77. The lowest BCUT2D eigenvalue weighted by molar-refractivity contribution is 1.05. The summed E-state index contributed by atoms with van der Waals surface area (Å²) in [7, 11) is 0. The molecule has 0 aliphatic carbocycles. The quantitative estimate of drug-likeness (QED) is 0.709. The smallest absolute Gasteiger partial charge is 0.0951 e. The van der Waals surface area contributed by atoms with Gasteiger partial charge in [-0.2, -0.15) is 0 Å². The van der Waals surface area contributed by atoms with Gasteiger partial charge in [-0.1, -0.05) is 31.2 Å². The van der Waals surface area contributed by atoms with E-state index in [1.54, 1.807) is 6.20 Å². The lowest BCUT2D eigenvalue weighted by Gasteiger charge is -2.13. The van der Waals surface area contributed by atoms with E-state index < -0.39 is 0 Å². The van der Waals surface area contributed by atoms with Crippen LogP contribution in [0.1, 0.15) is 18.1 Å². The summed E-state index contributed by atoms with van der Waals surface area (Å²) in [6.45, 7) is 2.99. The number of aryl methyl sites for hydroxylation is 1. The van der Waals surface area contributed by atoms with Crippen LogP contribution in [0.4, 0.5) is 11.4 Å². The highest BCUT2D eigenvalue weighted by Gasteiger charge is 2.05. The number of nitrogens with two attached hydrogens (primary N) is 1. The number of aromatic nitrogens is 1. The second kappa shape index (κ2) is 5.83. The molecule has 1 aromatic heterocycles. The molecule has 0 amide bonds. The summed E-state index contributed by atoms with van der Waals surface area (Å²) in [5.41, 5.74) is 11.3. The van der Waals surface area contributed by atoms with Crippen LogP contribution in [0.5, 0.6) is 0 Å². The van der Waals surface area contributed by atoms with Gasteiger partial charge in [0.25, 0.3) is 0 Å². The van der Waals surface area contributed by atoms with Crippen molar-refractivity contribution in [2.45, 2.75) is 19.9 Å². The molecule has 0 unspecified atom stereocenters. The van der Waals surface area contributed by atoms with Gasteiger partial charge in [-0.3, -0.25) is 4.98 Å². The van der Waals surface area contributed by atoms with E-state index in [0.29, 0.717) is 5.69 Å². The molecule has 0 radical (unpaired) electrons. The highest BCUT2D eigenvalue weighted by molar-refractivity contribution is 5.98. The number of fused-ring (bicyclic) bond motifs is 1. The van der Waals surface area contributed by atoms with Crippen molar-refractivity contribution in [3.63, 3.8) is 0 Å². The Morgan fingerprint density at radius 3 is 2.62 bits per heavy atom. The molecule has 0 saturated carbocycles. The summed E-state index contributed by atoms with van der Waals surface area (Å²) in [6.07, 6.45) is 2.82. The molecule has 3 heteroatoms. The Kier molecular flexibility index (Phi) is 3.73. The van der Waals surface area contributed by atoms with Gasteiger partial charge in [-0.15, -0.1) is 0 Å². The second-order valence-corrected chi connectivity index (χ2v) is 5.08. The molecule has 0 aliphatic rings. The van der Waals surface area contributed by atoms with E-state index in [1.165, 1.54) is 11.1 Å². The minimum atomic E-state index is 0.713. The molecule has 0 aliphatic heterocycles. The third kappa shape index (κ3) is 2.68. The SMILES string of the molecule is CCc1ccccc1CNc1ccc(N)c2ncccc12. The number of anilines is 2. The number of nitrogen functional groups attached to an aromatic ring is 1. The van der Waals surface area contributed by atoms with Crippen LogP contribution >= 0.6 is 0 Å². The highest BCUT2D eigenvalue weighted by atomic mass is 14.9. The van der Waals surface area contributed by atoms with E-state index in [2.05, 4.69) is 41.5 Å². The molecule has 0 saturated heterocycles. The molecular weight excluding hydrogens is 258 g/mol.